The Kier molecular flexibility index (Phi) is 6.93. The number of carbonyl (C=O) groups excluding carboxylic acids is 1. The molecule has 0 saturated heterocycles. The molecular weight excluding hydrogens is 350 g/mol. The number of anilines is 1. The van der Waals surface area contributed by atoms with E-state index in [4.69, 9.17) is 23.7 Å². The Bertz CT molecular complexity index is 806. The summed E-state index contributed by atoms with van der Waals surface area (Å²) in [5.74, 6) is 2.17. The molecule has 2 rings (SSSR count). The molecule has 0 spiro atoms. The highest BCUT2D eigenvalue weighted by Gasteiger charge is 2.14. The molecule has 0 saturated carbocycles. The van der Waals surface area contributed by atoms with Crippen LogP contribution in [0.25, 0.3) is 6.08 Å². The summed E-state index contributed by atoms with van der Waals surface area (Å²) >= 11 is 0. The maximum absolute atomic E-state index is 12.3. The van der Waals surface area contributed by atoms with E-state index < -0.39 is 0 Å². The first kappa shape index (κ1) is 20.0. The molecular formula is C20H23NO6. The van der Waals surface area contributed by atoms with Crippen LogP contribution in [0.3, 0.4) is 0 Å². The number of ether oxygens (including phenoxy) is 5. The van der Waals surface area contributed by atoms with Gasteiger partial charge in [0.2, 0.25) is 11.7 Å². The lowest BCUT2D eigenvalue weighted by Crippen LogP contribution is -2.08. The van der Waals surface area contributed by atoms with Crippen LogP contribution in [-0.2, 0) is 4.79 Å². The van der Waals surface area contributed by atoms with Crippen molar-refractivity contribution in [2.45, 2.75) is 0 Å². The second kappa shape index (κ2) is 9.38. The van der Waals surface area contributed by atoms with Crippen molar-refractivity contribution in [1.82, 2.24) is 0 Å². The predicted octanol–water partition coefficient (Wildman–Crippen LogP) is 3.38. The molecule has 2 aromatic carbocycles. The first-order chi connectivity index (χ1) is 13.1. The molecule has 1 amide bonds. The van der Waals surface area contributed by atoms with Gasteiger partial charge in [-0.15, -0.1) is 0 Å². The number of hydrogen-bond donors (Lipinski definition) is 1. The second-order valence-electron chi connectivity index (χ2n) is 5.32. The van der Waals surface area contributed by atoms with E-state index in [1.54, 1.807) is 38.5 Å². The van der Waals surface area contributed by atoms with Crippen molar-refractivity contribution in [1.29, 1.82) is 0 Å². The van der Waals surface area contributed by atoms with Crippen LogP contribution in [0.15, 0.2) is 36.4 Å². The largest absolute Gasteiger partial charge is 0.493 e. The minimum absolute atomic E-state index is 0.325. The van der Waals surface area contributed by atoms with Crippen LogP contribution < -0.4 is 29.0 Å². The quantitative estimate of drug-likeness (QED) is 0.715. The smallest absolute Gasteiger partial charge is 0.248 e. The summed E-state index contributed by atoms with van der Waals surface area (Å²) in [6.07, 6.45) is 3.05. The normalized spacial score (nSPS) is 10.4. The van der Waals surface area contributed by atoms with Crippen LogP contribution in [0.4, 0.5) is 5.69 Å². The average Bonchev–Trinajstić information content (AvgIpc) is 2.70. The fraction of sp³-hybridized carbons (Fsp3) is 0.250. The maximum atomic E-state index is 12.3. The van der Waals surface area contributed by atoms with Crippen molar-refractivity contribution in [2.75, 3.05) is 40.9 Å². The Balaban J connectivity index is 2.22. The summed E-state index contributed by atoms with van der Waals surface area (Å²) in [6.45, 7) is 0. The molecule has 144 valence electrons. The van der Waals surface area contributed by atoms with Crippen molar-refractivity contribution < 1.29 is 28.5 Å². The molecule has 0 aliphatic rings. The van der Waals surface area contributed by atoms with Gasteiger partial charge >= 0.3 is 0 Å². The molecule has 0 aliphatic heterocycles. The van der Waals surface area contributed by atoms with Crippen molar-refractivity contribution in [3.63, 3.8) is 0 Å². The van der Waals surface area contributed by atoms with E-state index in [0.717, 1.165) is 5.56 Å². The zero-order valence-electron chi connectivity index (χ0n) is 16.0. The van der Waals surface area contributed by atoms with Gasteiger partial charge in [0.15, 0.2) is 23.0 Å². The number of hydrogen-bond acceptors (Lipinski definition) is 6. The Morgan fingerprint density at radius 2 is 1.41 bits per heavy atom. The van der Waals surface area contributed by atoms with Gasteiger partial charge in [-0.2, -0.15) is 0 Å². The van der Waals surface area contributed by atoms with Crippen LogP contribution in [0.5, 0.6) is 28.7 Å². The summed E-state index contributed by atoms with van der Waals surface area (Å²) in [5, 5.41) is 2.77. The molecule has 0 heterocycles. The monoisotopic (exact) mass is 373 g/mol. The van der Waals surface area contributed by atoms with Crippen molar-refractivity contribution in [3.05, 3.63) is 42.0 Å². The molecule has 1 N–H and O–H groups in total. The SMILES string of the molecule is COc1cccc(/C=C/C(=O)Nc2cc(OC)c(OC)c(OC)c2)c1OC. The van der Waals surface area contributed by atoms with Crippen molar-refractivity contribution in [2.24, 2.45) is 0 Å². The second-order valence-corrected chi connectivity index (χ2v) is 5.32. The highest BCUT2D eigenvalue weighted by molar-refractivity contribution is 6.02. The molecule has 7 heteroatoms. The Morgan fingerprint density at radius 3 is 1.93 bits per heavy atom. The minimum atomic E-state index is -0.325. The summed E-state index contributed by atoms with van der Waals surface area (Å²) in [6, 6.07) is 8.73. The molecule has 27 heavy (non-hydrogen) atoms. The molecule has 0 fully saturated rings. The Hall–Kier alpha value is -3.35. The van der Waals surface area contributed by atoms with E-state index in [0.29, 0.717) is 34.4 Å². The molecule has 0 aromatic heterocycles. The third-order valence-corrected chi connectivity index (χ3v) is 3.78. The molecule has 0 aliphatic carbocycles. The summed E-state index contributed by atoms with van der Waals surface area (Å²) in [4.78, 5) is 12.3. The molecule has 0 bridgehead atoms. The van der Waals surface area contributed by atoms with Crippen LogP contribution in [0, 0.1) is 0 Å². The van der Waals surface area contributed by atoms with Gasteiger partial charge in [0, 0.05) is 29.5 Å². The van der Waals surface area contributed by atoms with Crippen molar-refractivity contribution in [3.8, 4) is 28.7 Å². The highest BCUT2D eigenvalue weighted by Crippen LogP contribution is 2.40. The summed E-state index contributed by atoms with van der Waals surface area (Å²) in [7, 11) is 7.65. The lowest BCUT2D eigenvalue weighted by atomic mass is 10.1. The van der Waals surface area contributed by atoms with Gasteiger partial charge in [-0.1, -0.05) is 12.1 Å². The first-order valence-corrected chi connectivity index (χ1v) is 8.08. The number of carbonyl (C=O) groups is 1. The highest BCUT2D eigenvalue weighted by atomic mass is 16.5. The first-order valence-electron chi connectivity index (χ1n) is 8.08. The molecule has 2 aromatic rings. The van der Waals surface area contributed by atoms with Gasteiger partial charge in [0.05, 0.1) is 35.5 Å². The average molecular weight is 373 g/mol. The number of methoxy groups -OCH3 is 5. The van der Waals surface area contributed by atoms with Gasteiger partial charge in [-0.3, -0.25) is 4.79 Å². The van der Waals surface area contributed by atoms with E-state index in [-0.39, 0.29) is 5.91 Å². The van der Waals surface area contributed by atoms with E-state index in [9.17, 15) is 4.79 Å². The molecule has 0 radical (unpaired) electrons. The van der Waals surface area contributed by atoms with Crippen LogP contribution in [-0.4, -0.2) is 41.5 Å². The Morgan fingerprint density at radius 1 is 0.815 bits per heavy atom. The number of para-hydroxylation sites is 1. The van der Waals surface area contributed by atoms with E-state index in [1.165, 1.54) is 27.4 Å². The molecule has 0 atom stereocenters. The third kappa shape index (κ3) is 4.63. The zero-order chi connectivity index (χ0) is 19.8. The van der Waals surface area contributed by atoms with E-state index in [2.05, 4.69) is 5.32 Å². The number of rotatable bonds is 8. The summed E-state index contributed by atoms with van der Waals surface area (Å²) < 4.78 is 26.4. The fourth-order valence-electron chi connectivity index (χ4n) is 2.55. The maximum Gasteiger partial charge on any atom is 0.248 e. The standard InChI is InChI=1S/C20H23NO6/c1-23-15-8-6-7-13(19(15)26-4)9-10-18(22)21-14-11-16(24-2)20(27-5)17(12-14)25-3/h6-12H,1-5H3,(H,21,22)/b10-9+. The minimum Gasteiger partial charge on any atom is -0.493 e. The van der Waals surface area contributed by atoms with Crippen LogP contribution in [0.1, 0.15) is 5.56 Å². The third-order valence-electron chi connectivity index (χ3n) is 3.78. The van der Waals surface area contributed by atoms with Gasteiger partial charge in [-0.25, -0.2) is 0 Å². The predicted molar refractivity (Wildman–Crippen MR) is 103 cm³/mol. The number of nitrogens with one attached hydrogen (secondary N) is 1. The van der Waals surface area contributed by atoms with Gasteiger partial charge in [-0.05, 0) is 12.1 Å². The lowest BCUT2D eigenvalue weighted by Gasteiger charge is -2.14. The van der Waals surface area contributed by atoms with Gasteiger partial charge < -0.3 is 29.0 Å². The molecule has 7 nitrogen and oxygen atoms in total. The molecule has 0 unspecified atom stereocenters. The van der Waals surface area contributed by atoms with Gasteiger partial charge in [0.1, 0.15) is 0 Å². The zero-order valence-corrected chi connectivity index (χ0v) is 16.0. The van der Waals surface area contributed by atoms with Gasteiger partial charge in [0.25, 0.3) is 0 Å². The number of benzene rings is 2. The van der Waals surface area contributed by atoms with E-state index >= 15 is 0 Å². The summed E-state index contributed by atoms with van der Waals surface area (Å²) in [5.41, 5.74) is 1.23. The van der Waals surface area contributed by atoms with Crippen LogP contribution in [0.2, 0.25) is 0 Å². The number of amides is 1. The lowest BCUT2D eigenvalue weighted by molar-refractivity contribution is -0.111. The fourth-order valence-corrected chi connectivity index (χ4v) is 2.55. The topological polar surface area (TPSA) is 75.3 Å². The Labute approximate surface area is 158 Å². The van der Waals surface area contributed by atoms with Crippen molar-refractivity contribution >= 4 is 17.7 Å². The van der Waals surface area contributed by atoms with E-state index in [1.807, 2.05) is 12.1 Å². The van der Waals surface area contributed by atoms with Crippen LogP contribution >= 0.6 is 0 Å².